The van der Waals surface area contributed by atoms with Crippen LogP contribution in [-0.2, 0) is 29.2 Å². The second-order valence-electron chi connectivity index (χ2n) is 10.3. The van der Waals surface area contributed by atoms with Crippen LogP contribution >= 0.6 is 11.3 Å². The topological polar surface area (TPSA) is 125 Å². The van der Waals surface area contributed by atoms with Gasteiger partial charge in [-0.2, -0.15) is 0 Å². The van der Waals surface area contributed by atoms with Crippen molar-refractivity contribution >= 4 is 51.4 Å². The maximum atomic E-state index is 13.6. The molecule has 1 fully saturated rings. The van der Waals surface area contributed by atoms with E-state index in [9.17, 15) is 18.4 Å². The number of carbonyl (C=O) groups excluding carboxylic acids is 2. The zero-order valence-corrected chi connectivity index (χ0v) is 24.1. The SMILES string of the molecule is COc1ccc2c(c1)C=C(C(=O)NCc1nccs1)Cn1c-2c(C2CCCCC2)c2ccc(C(=O)NS(=O)[O-])cc21. The third kappa shape index (κ3) is 5.44. The molecule has 0 radical (unpaired) electrons. The van der Waals surface area contributed by atoms with Crippen molar-refractivity contribution in [3.05, 3.63) is 75.2 Å². The molecule has 6 rings (SSSR count). The lowest BCUT2D eigenvalue weighted by molar-refractivity contribution is -0.117. The molecule has 3 heterocycles. The van der Waals surface area contributed by atoms with Gasteiger partial charge in [-0.25, -0.2) is 4.98 Å². The number of hydrogen-bond acceptors (Lipinski definition) is 7. The summed E-state index contributed by atoms with van der Waals surface area (Å²) in [5, 5.41) is 6.70. The highest BCUT2D eigenvalue weighted by molar-refractivity contribution is 7.77. The summed E-state index contributed by atoms with van der Waals surface area (Å²) < 4.78 is 32.0. The normalized spacial score (nSPS) is 15.8. The van der Waals surface area contributed by atoms with Crippen LogP contribution < -0.4 is 14.8 Å². The fraction of sp³-hybridized carbons (Fsp3) is 0.300. The molecule has 41 heavy (non-hydrogen) atoms. The Balaban J connectivity index is 1.54. The maximum Gasteiger partial charge on any atom is 0.262 e. The molecule has 4 aromatic rings. The lowest BCUT2D eigenvalue weighted by Gasteiger charge is -2.24. The Morgan fingerprint density at radius 3 is 2.71 bits per heavy atom. The van der Waals surface area contributed by atoms with E-state index in [-0.39, 0.29) is 18.0 Å². The van der Waals surface area contributed by atoms with Crippen molar-refractivity contribution in [2.24, 2.45) is 0 Å². The first kappa shape index (κ1) is 27.4. The van der Waals surface area contributed by atoms with E-state index < -0.39 is 17.2 Å². The zero-order valence-electron chi connectivity index (χ0n) is 22.5. The van der Waals surface area contributed by atoms with E-state index >= 15 is 0 Å². The number of rotatable bonds is 7. The van der Waals surface area contributed by atoms with E-state index in [0.29, 0.717) is 23.8 Å². The number of benzene rings is 2. The van der Waals surface area contributed by atoms with Gasteiger partial charge in [0.1, 0.15) is 10.8 Å². The number of aromatic nitrogens is 2. The second-order valence-corrected chi connectivity index (χ2v) is 12.0. The van der Waals surface area contributed by atoms with E-state index in [1.54, 1.807) is 25.4 Å². The number of carbonyl (C=O) groups is 2. The van der Waals surface area contributed by atoms with E-state index in [1.165, 1.54) is 23.3 Å². The first-order valence-corrected chi connectivity index (χ1v) is 15.5. The molecule has 2 aliphatic rings. The zero-order chi connectivity index (χ0) is 28.5. The molecule has 11 heteroatoms. The smallest absolute Gasteiger partial charge is 0.262 e. The average Bonchev–Trinajstić information content (AvgIpc) is 3.57. The Hall–Kier alpha value is -3.80. The number of ether oxygens (including phenoxy) is 1. The van der Waals surface area contributed by atoms with Gasteiger partial charge in [0.25, 0.3) is 5.91 Å². The van der Waals surface area contributed by atoms with E-state index in [2.05, 4.69) is 14.9 Å². The molecule has 1 saturated carbocycles. The third-order valence-corrected chi connectivity index (χ3v) is 9.03. The maximum absolute atomic E-state index is 13.6. The molecule has 0 bridgehead atoms. The Morgan fingerprint density at radius 1 is 1.15 bits per heavy atom. The van der Waals surface area contributed by atoms with E-state index in [4.69, 9.17) is 4.74 Å². The predicted octanol–water partition coefficient (Wildman–Crippen LogP) is 5.06. The first-order chi connectivity index (χ1) is 19.9. The molecule has 212 valence electrons. The predicted molar refractivity (Wildman–Crippen MR) is 158 cm³/mol. The van der Waals surface area contributed by atoms with Gasteiger partial charge in [-0.1, -0.05) is 25.3 Å². The van der Waals surface area contributed by atoms with Crippen molar-refractivity contribution in [3.8, 4) is 17.0 Å². The summed E-state index contributed by atoms with van der Waals surface area (Å²) in [7, 11) is 1.62. The quantitative estimate of drug-likeness (QED) is 0.291. The van der Waals surface area contributed by atoms with Gasteiger partial charge in [0.05, 0.1) is 25.9 Å². The average molecular weight is 590 g/mol. The molecular weight excluding hydrogens is 560 g/mol. The summed E-state index contributed by atoms with van der Waals surface area (Å²) in [6.45, 7) is 0.597. The molecule has 1 atom stereocenters. The molecule has 0 saturated heterocycles. The third-order valence-electron chi connectivity index (χ3n) is 7.90. The van der Waals surface area contributed by atoms with Gasteiger partial charge in [0.15, 0.2) is 0 Å². The summed E-state index contributed by atoms with van der Waals surface area (Å²) in [5.41, 5.74) is 5.66. The van der Waals surface area contributed by atoms with Crippen LogP contribution in [0.5, 0.6) is 5.75 Å². The number of thiazole rings is 1. The molecule has 1 unspecified atom stereocenters. The Labute approximate surface area is 244 Å². The highest BCUT2D eigenvalue weighted by atomic mass is 32.2. The number of hydrogen-bond donors (Lipinski definition) is 2. The van der Waals surface area contributed by atoms with Crippen molar-refractivity contribution in [1.29, 1.82) is 0 Å². The largest absolute Gasteiger partial charge is 0.755 e. The van der Waals surface area contributed by atoms with Gasteiger partial charge in [-0.3, -0.25) is 18.5 Å². The Bertz CT molecular complexity index is 1690. The fourth-order valence-corrected chi connectivity index (χ4v) is 6.89. The summed E-state index contributed by atoms with van der Waals surface area (Å²) in [4.78, 5) is 30.5. The lowest BCUT2D eigenvalue weighted by Crippen LogP contribution is -2.26. The molecule has 1 aliphatic carbocycles. The van der Waals surface area contributed by atoms with Gasteiger partial charge in [0, 0.05) is 50.4 Å². The van der Waals surface area contributed by atoms with Crippen LogP contribution in [0.3, 0.4) is 0 Å². The summed E-state index contributed by atoms with van der Waals surface area (Å²) in [6, 6.07) is 11.2. The van der Waals surface area contributed by atoms with Crippen molar-refractivity contribution in [2.45, 2.75) is 51.1 Å². The van der Waals surface area contributed by atoms with Crippen molar-refractivity contribution < 1.29 is 23.1 Å². The minimum absolute atomic E-state index is 0.210. The fourth-order valence-electron chi connectivity index (χ4n) is 6.06. The lowest BCUT2D eigenvalue weighted by atomic mass is 9.81. The molecular formula is C30H29N4O5S2-. The number of nitrogens with one attached hydrogen (secondary N) is 2. The standard InChI is InChI=1S/C30H30N4O5S2/c1-39-22-8-10-23-20(14-22)13-21(29(35)32-16-26-31-11-12-40-26)17-34-25-15-19(30(36)33-41(37)38)7-9-24(25)27(28(23)34)18-5-3-2-4-6-18/h7-15,18H,2-6,16-17H2,1H3,(H,32,35)(H,33,36)(H,37,38)/p-1. The number of fused-ring (bicyclic) bond motifs is 5. The minimum atomic E-state index is -2.73. The van der Waals surface area contributed by atoms with Crippen molar-refractivity contribution in [2.75, 3.05) is 7.11 Å². The van der Waals surface area contributed by atoms with Crippen LogP contribution in [0, 0.1) is 0 Å². The number of amides is 2. The van der Waals surface area contributed by atoms with E-state index in [0.717, 1.165) is 58.4 Å². The van der Waals surface area contributed by atoms with Crippen LogP contribution in [-0.4, -0.2) is 37.2 Å². The summed E-state index contributed by atoms with van der Waals surface area (Å²) in [5.74, 6) is 0.103. The Morgan fingerprint density at radius 2 is 1.98 bits per heavy atom. The second kappa shape index (κ2) is 11.6. The van der Waals surface area contributed by atoms with Crippen molar-refractivity contribution in [3.63, 3.8) is 0 Å². The van der Waals surface area contributed by atoms with Crippen molar-refractivity contribution in [1.82, 2.24) is 19.6 Å². The molecule has 2 aromatic heterocycles. The molecule has 2 aromatic carbocycles. The van der Waals surface area contributed by atoms with Gasteiger partial charge in [-0.05, 0) is 66.3 Å². The first-order valence-electron chi connectivity index (χ1n) is 13.5. The van der Waals surface area contributed by atoms with Gasteiger partial charge >= 0.3 is 0 Å². The Kier molecular flexibility index (Phi) is 7.74. The summed E-state index contributed by atoms with van der Waals surface area (Å²) in [6.07, 6.45) is 9.24. The van der Waals surface area contributed by atoms with Crippen LogP contribution in [0.2, 0.25) is 0 Å². The summed E-state index contributed by atoms with van der Waals surface area (Å²) >= 11 is -1.25. The van der Waals surface area contributed by atoms with E-state index in [1.807, 2.05) is 40.4 Å². The number of nitrogens with zero attached hydrogens (tertiary/aromatic N) is 2. The van der Waals surface area contributed by atoms with Gasteiger partial charge in [0.2, 0.25) is 5.91 Å². The molecule has 2 N–H and O–H groups in total. The van der Waals surface area contributed by atoms with Crippen LogP contribution in [0.1, 0.15) is 64.5 Å². The van der Waals surface area contributed by atoms with Crippen LogP contribution in [0.25, 0.3) is 28.2 Å². The minimum Gasteiger partial charge on any atom is -0.755 e. The molecule has 0 spiro atoms. The van der Waals surface area contributed by atoms with Crippen LogP contribution in [0.4, 0.5) is 0 Å². The monoisotopic (exact) mass is 589 g/mol. The molecule has 2 amide bonds. The van der Waals surface area contributed by atoms with Gasteiger partial charge < -0.3 is 19.2 Å². The molecule has 1 aliphatic heterocycles. The highest BCUT2D eigenvalue weighted by Gasteiger charge is 2.30. The highest BCUT2D eigenvalue weighted by Crippen LogP contribution is 2.47. The van der Waals surface area contributed by atoms with Crippen LogP contribution in [0.15, 0.2) is 53.5 Å². The molecule has 9 nitrogen and oxygen atoms in total. The number of methoxy groups -OCH3 is 1. The van der Waals surface area contributed by atoms with Gasteiger partial charge in [-0.15, -0.1) is 11.3 Å².